The first kappa shape index (κ1) is 19.9. The van der Waals surface area contributed by atoms with E-state index in [1.54, 1.807) is 24.3 Å². The van der Waals surface area contributed by atoms with Gasteiger partial charge in [-0.1, -0.05) is 42.1 Å². The molecule has 0 saturated heterocycles. The van der Waals surface area contributed by atoms with Crippen molar-refractivity contribution in [2.45, 2.75) is 37.1 Å². The van der Waals surface area contributed by atoms with Gasteiger partial charge in [-0.2, -0.15) is 4.68 Å². The first-order valence-corrected chi connectivity index (χ1v) is 11.1. The molecule has 0 bridgehead atoms. The van der Waals surface area contributed by atoms with Crippen molar-refractivity contribution in [3.63, 3.8) is 0 Å². The molecule has 0 spiro atoms. The van der Waals surface area contributed by atoms with Gasteiger partial charge in [0.2, 0.25) is 11.1 Å². The van der Waals surface area contributed by atoms with Gasteiger partial charge in [0.05, 0.1) is 17.0 Å². The maximum absolute atomic E-state index is 13.3. The summed E-state index contributed by atoms with van der Waals surface area (Å²) in [7, 11) is 0. The molecule has 0 amide bonds. The predicted octanol–water partition coefficient (Wildman–Crippen LogP) is 2.91. The van der Waals surface area contributed by atoms with E-state index in [1.165, 1.54) is 27.4 Å². The first-order chi connectivity index (χ1) is 15.1. The van der Waals surface area contributed by atoms with Crippen LogP contribution in [0.3, 0.4) is 0 Å². The summed E-state index contributed by atoms with van der Waals surface area (Å²) < 4.78 is 3.41. The van der Waals surface area contributed by atoms with E-state index in [0.29, 0.717) is 16.4 Å². The van der Waals surface area contributed by atoms with E-state index in [0.717, 1.165) is 36.9 Å². The summed E-state index contributed by atoms with van der Waals surface area (Å²) in [6.07, 6.45) is 2.66. The molecule has 2 N–H and O–H groups in total. The summed E-state index contributed by atoms with van der Waals surface area (Å²) in [6.45, 7) is 0. The minimum Gasteiger partial charge on any atom is -0.364 e. The number of carbonyl (C=O) groups excluding carboxylic acids is 1. The fraction of sp³-hybridized carbons (Fsp3) is 0.273. The largest absolute Gasteiger partial charge is 0.364 e. The number of benzene rings is 2. The van der Waals surface area contributed by atoms with Gasteiger partial charge in [-0.3, -0.25) is 9.36 Å². The second kappa shape index (κ2) is 8.26. The fourth-order valence-electron chi connectivity index (χ4n) is 4.19. The third-order valence-corrected chi connectivity index (χ3v) is 6.53. The second-order valence-corrected chi connectivity index (χ2v) is 8.45. The highest BCUT2D eigenvalue weighted by atomic mass is 32.2. The lowest BCUT2D eigenvalue weighted by atomic mass is 9.96. The van der Waals surface area contributed by atoms with Gasteiger partial charge in [-0.25, -0.2) is 0 Å². The number of hydrogen-bond donors (Lipinski definition) is 2. The van der Waals surface area contributed by atoms with Crippen molar-refractivity contribution in [2.24, 2.45) is 0 Å². The zero-order valence-electron chi connectivity index (χ0n) is 16.7. The number of thioether (sulfide) groups is 1. The predicted molar refractivity (Wildman–Crippen MR) is 116 cm³/mol. The maximum atomic E-state index is 13.3. The number of nitrogens with zero attached hydrogens (tertiary/aromatic N) is 5. The van der Waals surface area contributed by atoms with Crippen LogP contribution in [0.2, 0.25) is 0 Å². The van der Waals surface area contributed by atoms with E-state index in [9.17, 15) is 15.0 Å². The van der Waals surface area contributed by atoms with Crippen molar-refractivity contribution in [1.29, 1.82) is 0 Å². The van der Waals surface area contributed by atoms with E-state index in [1.807, 2.05) is 22.8 Å². The Morgan fingerprint density at radius 2 is 1.84 bits per heavy atom. The molecule has 5 rings (SSSR count). The van der Waals surface area contributed by atoms with E-state index in [4.69, 9.17) is 0 Å². The number of aliphatic hydroxyl groups is 2. The molecular weight excluding hydrogens is 414 g/mol. The Morgan fingerprint density at radius 3 is 2.65 bits per heavy atom. The minimum atomic E-state index is -1.53. The zero-order valence-corrected chi connectivity index (χ0v) is 17.5. The summed E-state index contributed by atoms with van der Waals surface area (Å²) in [5.74, 6) is 0.219. The number of para-hydroxylation sites is 1. The van der Waals surface area contributed by atoms with Gasteiger partial charge in [0.1, 0.15) is 0 Å². The SMILES string of the molecule is O=C(CSc1nnnn1-c1ccc(C(O)O)cc1)n1c2c(c3ccccc31)CCCC2. The number of tetrazole rings is 1. The molecule has 0 unspecified atom stereocenters. The highest BCUT2D eigenvalue weighted by Crippen LogP contribution is 2.32. The van der Waals surface area contributed by atoms with Crippen LogP contribution < -0.4 is 0 Å². The second-order valence-electron chi connectivity index (χ2n) is 7.51. The van der Waals surface area contributed by atoms with E-state index >= 15 is 0 Å². The molecule has 2 aromatic carbocycles. The van der Waals surface area contributed by atoms with E-state index < -0.39 is 6.29 Å². The Morgan fingerprint density at radius 1 is 1.06 bits per heavy atom. The molecule has 158 valence electrons. The van der Waals surface area contributed by atoms with Crippen LogP contribution in [-0.2, 0) is 12.8 Å². The van der Waals surface area contributed by atoms with Gasteiger partial charge in [0, 0.05) is 16.6 Å². The molecule has 0 atom stereocenters. The lowest BCUT2D eigenvalue weighted by molar-refractivity contribution is -0.0424. The van der Waals surface area contributed by atoms with Crippen molar-refractivity contribution in [3.05, 3.63) is 65.4 Å². The number of aliphatic hydroxyl groups excluding tert-OH is 1. The Bertz CT molecular complexity index is 1250. The molecule has 4 aromatic rings. The van der Waals surface area contributed by atoms with Gasteiger partial charge in [0.15, 0.2) is 6.29 Å². The van der Waals surface area contributed by atoms with Crippen LogP contribution in [0.15, 0.2) is 53.7 Å². The van der Waals surface area contributed by atoms with Gasteiger partial charge < -0.3 is 10.2 Å². The molecule has 31 heavy (non-hydrogen) atoms. The van der Waals surface area contributed by atoms with Gasteiger partial charge in [0.25, 0.3) is 0 Å². The molecule has 9 heteroatoms. The molecule has 0 radical (unpaired) electrons. The average molecular weight is 436 g/mol. The molecule has 2 heterocycles. The summed E-state index contributed by atoms with van der Waals surface area (Å²) in [5, 5.41) is 32.0. The van der Waals surface area contributed by atoms with Crippen molar-refractivity contribution < 1.29 is 15.0 Å². The van der Waals surface area contributed by atoms with Crippen LogP contribution in [0.1, 0.15) is 40.7 Å². The van der Waals surface area contributed by atoms with Gasteiger partial charge in [-0.15, -0.1) is 5.10 Å². The Balaban J connectivity index is 1.40. The fourth-order valence-corrected chi connectivity index (χ4v) is 4.93. The smallest absolute Gasteiger partial charge is 0.241 e. The Labute approximate surface area is 182 Å². The maximum Gasteiger partial charge on any atom is 0.241 e. The zero-order chi connectivity index (χ0) is 21.4. The topological polar surface area (TPSA) is 106 Å². The molecule has 0 fully saturated rings. The van der Waals surface area contributed by atoms with E-state index in [2.05, 4.69) is 21.6 Å². The van der Waals surface area contributed by atoms with Crippen LogP contribution in [0, 0.1) is 0 Å². The first-order valence-electron chi connectivity index (χ1n) is 10.2. The summed E-state index contributed by atoms with van der Waals surface area (Å²) in [6, 6.07) is 14.7. The molecule has 8 nitrogen and oxygen atoms in total. The molecule has 2 aromatic heterocycles. The van der Waals surface area contributed by atoms with Crippen LogP contribution in [0.4, 0.5) is 0 Å². The highest BCUT2D eigenvalue weighted by Gasteiger charge is 2.23. The van der Waals surface area contributed by atoms with Crippen molar-refractivity contribution in [1.82, 2.24) is 24.8 Å². The standard InChI is InChI=1S/C22H21N5O3S/c28-20(26-18-7-3-1-5-16(18)17-6-2-4-8-19(17)26)13-31-22-23-24-25-27(22)15-11-9-14(10-12-15)21(29)30/h1,3,5,7,9-12,21,29-30H,2,4,6,8,13H2. The average Bonchev–Trinajstić information content (AvgIpc) is 3.40. The van der Waals surface area contributed by atoms with Gasteiger partial charge in [-0.05, 0) is 59.9 Å². The number of fused-ring (bicyclic) bond motifs is 3. The third-order valence-electron chi connectivity index (χ3n) is 5.63. The Kier molecular flexibility index (Phi) is 5.31. The lowest BCUT2D eigenvalue weighted by Gasteiger charge is -2.15. The van der Waals surface area contributed by atoms with Crippen molar-refractivity contribution in [3.8, 4) is 5.69 Å². The van der Waals surface area contributed by atoms with Gasteiger partial charge >= 0.3 is 0 Å². The van der Waals surface area contributed by atoms with Crippen LogP contribution in [0.25, 0.3) is 16.6 Å². The number of rotatable bonds is 5. The molecule has 0 saturated carbocycles. The molecule has 0 aliphatic heterocycles. The Hall–Kier alpha value is -3.01. The normalized spacial score (nSPS) is 13.6. The number of aryl methyl sites for hydroxylation is 1. The molecular formula is C22H21N5O3S. The van der Waals surface area contributed by atoms with Crippen molar-refractivity contribution >= 4 is 28.6 Å². The third kappa shape index (κ3) is 3.65. The highest BCUT2D eigenvalue weighted by molar-refractivity contribution is 7.99. The molecule has 1 aliphatic rings. The monoisotopic (exact) mass is 435 g/mol. The lowest BCUT2D eigenvalue weighted by Crippen LogP contribution is -2.18. The summed E-state index contributed by atoms with van der Waals surface area (Å²) >= 11 is 1.28. The van der Waals surface area contributed by atoms with Crippen LogP contribution >= 0.6 is 11.8 Å². The summed E-state index contributed by atoms with van der Waals surface area (Å²) in [4.78, 5) is 13.3. The summed E-state index contributed by atoms with van der Waals surface area (Å²) in [5.41, 5.74) is 4.46. The number of aromatic nitrogens is 5. The number of carbonyl (C=O) groups is 1. The van der Waals surface area contributed by atoms with Crippen LogP contribution in [-0.4, -0.2) is 46.6 Å². The quantitative estimate of drug-likeness (QED) is 0.367. The van der Waals surface area contributed by atoms with Crippen LogP contribution in [0.5, 0.6) is 0 Å². The number of hydrogen-bond acceptors (Lipinski definition) is 7. The minimum absolute atomic E-state index is 0.0117. The van der Waals surface area contributed by atoms with Crippen molar-refractivity contribution in [2.75, 3.05) is 5.75 Å². The van der Waals surface area contributed by atoms with E-state index in [-0.39, 0.29) is 11.7 Å². The molecule has 1 aliphatic carbocycles.